The first kappa shape index (κ1) is 24.2. The highest BCUT2D eigenvalue weighted by molar-refractivity contribution is 7.98. The molecule has 2 aromatic carbocycles. The van der Waals surface area contributed by atoms with Crippen LogP contribution in [-0.2, 0) is 14.3 Å². The van der Waals surface area contributed by atoms with Crippen molar-refractivity contribution >= 4 is 46.5 Å². The molecule has 1 aliphatic rings. The van der Waals surface area contributed by atoms with Crippen LogP contribution >= 0.6 is 11.8 Å². The molecule has 0 saturated carbocycles. The van der Waals surface area contributed by atoms with Crippen LogP contribution in [0.2, 0.25) is 0 Å². The molecule has 1 fully saturated rings. The maximum Gasteiger partial charge on any atom is 0.340 e. The number of nitrogens with one attached hydrogen (secondary N) is 1. The van der Waals surface area contributed by atoms with E-state index < -0.39 is 23.3 Å². The zero-order valence-corrected chi connectivity index (χ0v) is 19.0. The number of amides is 1. The van der Waals surface area contributed by atoms with Crippen molar-refractivity contribution < 1.29 is 28.8 Å². The fourth-order valence-corrected chi connectivity index (χ4v) is 3.88. The second-order valence-electron chi connectivity index (χ2n) is 7.15. The number of nitrogens with zero attached hydrogens (tertiary/aromatic N) is 2. The van der Waals surface area contributed by atoms with Gasteiger partial charge in [-0.3, -0.25) is 19.7 Å². The van der Waals surface area contributed by atoms with Gasteiger partial charge in [-0.2, -0.15) is 0 Å². The Morgan fingerprint density at radius 3 is 2.55 bits per heavy atom. The van der Waals surface area contributed by atoms with Gasteiger partial charge in [-0.25, -0.2) is 4.79 Å². The summed E-state index contributed by atoms with van der Waals surface area (Å²) in [5.74, 6) is -1.58. The molecule has 0 aliphatic carbocycles. The third kappa shape index (κ3) is 6.08. The number of hydrogen-bond donors (Lipinski definition) is 1. The summed E-state index contributed by atoms with van der Waals surface area (Å²) in [7, 11) is 0. The number of nitro groups is 1. The molecule has 1 saturated heterocycles. The Kier molecular flexibility index (Phi) is 8.01. The highest BCUT2D eigenvalue weighted by atomic mass is 32.2. The standard InChI is InChI=1S/C22H23N3O7S/c1-14(26)23-18-11-15(3-6-21(18)33-2)20(27)13-32-22(28)17-12-16(25(29)30)4-5-19(17)24-7-9-31-10-8-24/h3-6,11-12H,7-10,13H2,1-2H3,(H,23,26). The number of ketones is 1. The minimum Gasteiger partial charge on any atom is -0.454 e. The number of non-ortho nitro benzene ring substituents is 1. The van der Waals surface area contributed by atoms with Crippen LogP contribution in [0.25, 0.3) is 0 Å². The van der Waals surface area contributed by atoms with Gasteiger partial charge < -0.3 is 19.7 Å². The zero-order valence-electron chi connectivity index (χ0n) is 18.2. The number of esters is 1. The van der Waals surface area contributed by atoms with Gasteiger partial charge in [0.1, 0.15) is 0 Å². The number of hydrogen-bond acceptors (Lipinski definition) is 9. The zero-order chi connectivity index (χ0) is 24.0. The van der Waals surface area contributed by atoms with Gasteiger partial charge in [0.05, 0.1) is 35.1 Å². The van der Waals surface area contributed by atoms with E-state index in [9.17, 15) is 24.5 Å². The number of Topliss-reactive ketones (excluding diaryl/α,β-unsaturated/α-hetero) is 1. The second kappa shape index (κ2) is 10.9. The molecular weight excluding hydrogens is 450 g/mol. The van der Waals surface area contributed by atoms with Crippen molar-refractivity contribution in [1.82, 2.24) is 0 Å². The van der Waals surface area contributed by atoms with E-state index in [1.54, 1.807) is 12.1 Å². The van der Waals surface area contributed by atoms with Crippen LogP contribution in [0.15, 0.2) is 41.3 Å². The van der Waals surface area contributed by atoms with Crippen molar-refractivity contribution in [1.29, 1.82) is 0 Å². The van der Waals surface area contributed by atoms with E-state index in [0.29, 0.717) is 37.7 Å². The first-order chi connectivity index (χ1) is 15.8. The number of carbonyl (C=O) groups is 3. The molecule has 33 heavy (non-hydrogen) atoms. The maximum absolute atomic E-state index is 12.8. The lowest BCUT2D eigenvalue weighted by atomic mass is 10.1. The number of rotatable bonds is 8. The number of morpholine rings is 1. The molecule has 1 N–H and O–H groups in total. The molecule has 1 aliphatic heterocycles. The van der Waals surface area contributed by atoms with E-state index >= 15 is 0 Å². The Hall–Kier alpha value is -3.44. The molecule has 2 aromatic rings. The van der Waals surface area contributed by atoms with Crippen LogP contribution in [0.4, 0.5) is 17.1 Å². The number of ether oxygens (including phenoxy) is 2. The SMILES string of the molecule is CSc1ccc(C(=O)COC(=O)c2cc([N+](=O)[O-])ccc2N2CCOCC2)cc1NC(C)=O. The summed E-state index contributed by atoms with van der Waals surface area (Å²) in [4.78, 5) is 50.2. The van der Waals surface area contributed by atoms with E-state index in [1.807, 2.05) is 11.2 Å². The molecule has 11 heteroatoms. The highest BCUT2D eigenvalue weighted by Crippen LogP contribution is 2.28. The number of anilines is 2. The molecule has 10 nitrogen and oxygen atoms in total. The normalized spacial score (nSPS) is 13.3. The van der Waals surface area contributed by atoms with Crippen LogP contribution in [0, 0.1) is 10.1 Å². The van der Waals surface area contributed by atoms with Gasteiger partial charge in [-0.1, -0.05) is 6.07 Å². The second-order valence-corrected chi connectivity index (χ2v) is 8.00. The average Bonchev–Trinajstić information content (AvgIpc) is 2.82. The number of benzene rings is 2. The van der Waals surface area contributed by atoms with Crippen LogP contribution in [0.5, 0.6) is 0 Å². The molecule has 0 atom stereocenters. The third-order valence-electron chi connectivity index (χ3n) is 4.93. The lowest BCUT2D eigenvalue weighted by molar-refractivity contribution is -0.384. The van der Waals surface area contributed by atoms with Gasteiger partial charge in [0.25, 0.3) is 5.69 Å². The molecule has 0 unspecified atom stereocenters. The molecular formula is C22H23N3O7S. The quantitative estimate of drug-likeness (QED) is 0.202. The minimum absolute atomic E-state index is 0.00978. The van der Waals surface area contributed by atoms with Crippen LogP contribution in [0.3, 0.4) is 0 Å². The molecule has 3 rings (SSSR count). The van der Waals surface area contributed by atoms with Crippen LogP contribution in [0.1, 0.15) is 27.6 Å². The van der Waals surface area contributed by atoms with Crippen LogP contribution < -0.4 is 10.2 Å². The van der Waals surface area contributed by atoms with Gasteiger partial charge in [0.15, 0.2) is 12.4 Å². The summed E-state index contributed by atoms with van der Waals surface area (Å²) in [6, 6.07) is 8.78. The summed E-state index contributed by atoms with van der Waals surface area (Å²) >= 11 is 1.41. The summed E-state index contributed by atoms with van der Waals surface area (Å²) < 4.78 is 10.5. The molecule has 174 valence electrons. The Morgan fingerprint density at radius 2 is 1.91 bits per heavy atom. The fourth-order valence-electron chi connectivity index (χ4n) is 3.34. The number of nitro benzene ring substituents is 1. The summed E-state index contributed by atoms with van der Waals surface area (Å²) in [5, 5.41) is 13.9. The Labute approximate surface area is 194 Å². The molecule has 0 bridgehead atoms. The summed E-state index contributed by atoms with van der Waals surface area (Å²) in [6.07, 6.45) is 1.84. The monoisotopic (exact) mass is 473 g/mol. The van der Waals surface area contributed by atoms with Crippen molar-refractivity contribution in [2.75, 3.05) is 49.4 Å². The predicted molar refractivity (Wildman–Crippen MR) is 123 cm³/mol. The van der Waals surface area contributed by atoms with Crippen molar-refractivity contribution in [3.63, 3.8) is 0 Å². The topological polar surface area (TPSA) is 128 Å². The first-order valence-electron chi connectivity index (χ1n) is 10.1. The van der Waals surface area contributed by atoms with E-state index in [1.165, 1.54) is 36.9 Å². The van der Waals surface area contributed by atoms with E-state index in [-0.39, 0.29) is 22.7 Å². The van der Waals surface area contributed by atoms with Gasteiger partial charge in [-0.05, 0) is 24.5 Å². The van der Waals surface area contributed by atoms with Gasteiger partial charge in [0, 0.05) is 42.6 Å². The third-order valence-corrected chi connectivity index (χ3v) is 5.72. The summed E-state index contributed by atoms with van der Waals surface area (Å²) in [6.45, 7) is 2.78. The Bertz CT molecular complexity index is 1080. The number of thioether (sulfide) groups is 1. The van der Waals surface area contributed by atoms with E-state index in [0.717, 1.165) is 11.0 Å². The largest absolute Gasteiger partial charge is 0.454 e. The predicted octanol–water partition coefficient (Wildman–Crippen LogP) is 3.15. The van der Waals surface area contributed by atoms with Gasteiger partial charge in [0.2, 0.25) is 5.91 Å². The molecule has 1 amide bonds. The lowest BCUT2D eigenvalue weighted by Crippen LogP contribution is -2.37. The first-order valence-corrected chi connectivity index (χ1v) is 11.3. The molecule has 0 aromatic heterocycles. The summed E-state index contributed by atoms with van der Waals surface area (Å²) in [5.41, 5.74) is 0.990. The average molecular weight is 474 g/mol. The Balaban J connectivity index is 1.78. The van der Waals surface area contributed by atoms with Gasteiger partial charge >= 0.3 is 5.97 Å². The van der Waals surface area contributed by atoms with Crippen molar-refractivity contribution in [2.24, 2.45) is 0 Å². The fraction of sp³-hybridized carbons (Fsp3) is 0.318. The van der Waals surface area contributed by atoms with E-state index in [2.05, 4.69) is 5.32 Å². The van der Waals surface area contributed by atoms with Crippen molar-refractivity contribution in [3.8, 4) is 0 Å². The highest BCUT2D eigenvalue weighted by Gasteiger charge is 2.24. The van der Waals surface area contributed by atoms with Crippen molar-refractivity contribution in [3.05, 3.63) is 57.6 Å². The van der Waals surface area contributed by atoms with E-state index in [4.69, 9.17) is 9.47 Å². The minimum atomic E-state index is -0.837. The molecule has 0 radical (unpaired) electrons. The smallest absolute Gasteiger partial charge is 0.340 e. The van der Waals surface area contributed by atoms with Crippen LogP contribution in [-0.4, -0.2) is 61.7 Å². The van der Waals surface area contributed by atoms with Gasteiger partial charge in [-0.15, -0.1) is 11.8 Å². The van der Waals surface area contributed by atoms with Crippen molar-refractivity contribution in [2.45, 2.75) is 11.8 Å². The molecule has 0 spiro atoms. The molecule has 1 heterocycles. The lowest BCUT2D eigenvalue weighted by Gasteiger charge is -2.30. The number of carbonyl (C=O) groups excluding carboxylic acids is 3. The Morgan fingerprint density at radius 1 is 1.18 bits per heavy atom. The maximum atomic E-state index is 12.8.